The maximum absolute atomic E-state index is 13.7. The van der Waals surface area contributed by atoms with Crippen molar-refractivity contribution in [3.05, 3.63) is 0 Å². The van der Waals surface area contributed by atoms with Crippen molar-refractivity contribution in [3.8, 4) is 0 Å². The maximum atomic E-state index is 13.7. The third-order valence-corrected chi connectivity index (χ3v) is 2.65. The fraction of sp³-hybridized carbons (Fsp3) is 0.667. The molecular formula is C9H11BrF2O10. The molecule has 0 amide bonds. The van der Waals surface area contributed by atoms with Gasteiger partial charge < -0.3 is 34.3 Å². The molecule has 3 N–H and O–H groups in total. The lowest BCUT2D eigenvalue weighted by Gasteiger charge is -2.36. The van der Waals surface area contributed by atoms with Crippen molar-refractivity contribution in [1.82, 2.24) is 0 Å². The van der Waals surface area contributed by atoms with Gasteiger partial charge in [-0.25, -0.2) is 9.59 Å². The summed E-state index contributed by atoms with van der Waals surface area (Å²) in [5.41, 5.74) is 0. The monoisotopic (exact) mass is 396 g/mol. The van der Waals surface area contributed by atoms with E-state index in [2.05, 4.69) is 18.9 Å². The Morgan fingerprint density at radius 2 is 1.55 bits per heavy atom. The zero-order valence-electron chi connectivity index (χ0n) is 11.0. The molecule has 3 atom stereocenters. The number of carbonyl (C=O) groups is 3. The number of hydrogen-bond acceptors (Lipinski definition) is 10. The zero-order chi connectivity index (χ0) is 17.7. The second kappa shape index (κ2) is 7.62. The van der Waals surface area contributed by atoms with Crippen molar-refractivity contribution in [2.75, 3.05) is 14.2 Å². The van der Waals surface area contributed by atoms with Crippen molar-refractivity contribution in [2.24, 2.45) is 0 Å². The van der Waals surface area contributed by atoms with E-state index in [0.717, 1.165) is 7.11 Å². The number of hydrogen-bond donors (Lipinski definition) is 3. The summed E-state index contributed by atoms with van der Waals surface area (Å²) < 4.78 is 40.6. The Bertz CT molecular complexity index is 444. The van der Waals surface area contributed by atoms with Crippen LogP contribution in [0, 0.1) is 0 Å². The zero-order valence-corrected chi connectivity index (χ0v) is 12.6. The number of rotatable bonds is 6. The predicted octanol–water partition coefficient (Wildman–Crippen LogP) is -0.523. The largest absolute Gasteiger partial charge is 0.510 e. The third-order valence-electron chi connectivity index (χ3n) is 2.16. The molecule has 0 radical (unpaired) electrons. The second-order valence-corrected chi connectivity index (χ2v) is 4.23. The van der Waals surface area contributed by atoms with Gasteiger partial charge in [-0.15, -0.1) is 0 Å². The molecule has 0 aromatic rings. The number of carbonyl (C=O) groups excluding carboxylic acids is 3. The number of ether oxygens (including phenoxy) is 4. The van der Waals surface area contributed by atoms with E-state index in [-0.39, 0.29) is 0 Å². The van der Waals surface area contributed by atoms with Crippen LogP contribution in [0.4, 0.5) is 18.4 Å². The minimum absolute atomic E-state index is 0.671. The van der Waals surface area contributed by atoms with Gasteiger partial charge in [-0.1, -0.05) is 0 Å². The normalized spacial score (nSPS) is 16.7. The highest BCUT2D eigenvalue weighted by Crippen LogP contribution is 2.37. The molecule has 0 bridgehead atoms. The number of halogens is 3. The Labute approximate surface area is 129 Å². The molecule has 0 saturated heterocycles. The average molecular weight is 397 g/mol. The standard InChI is InChI=1S/C9H11BrF2O10/c1-19-6(16)21-4(14)3(13)9(18,22-7(17)20-2)8(11,12)5(10)15/h3-4,13-14,18H,1-2H3/t3-,4?,9-/m1/s1. The van der Waals surface area contributed by atoms with Crippen LogP contribution in [0.5, 0.6) is 0 Å². The van der Waals surface area contributed by atoms with Gasteiger partial charge in [-0.2, -0.15) is 8.78 Å². The van der Waals surface area contributed by atoms with E-state index < -0.39 is 41.1 Å². The van der Waals surface area contributed by atoms with Gasteiger partial charge in [0.05, 0.1) is 14.2 Å². The first-order valence-corrected chi connectivity index (χ1v) is 5.91. The Morgan fingerprint density at radius 3 is 1.91 bits per heavy atom. The predicted molar refractivity (Wildman–Crippen MR) is 62.8 cm³/mol. The molecule has 0 saturated carbocycles. The van der Waals surface area contributed by atoms with Gasteiger partial charge in [-0.05, 0) is 15.9 Å². The molecule has 1 unspecified atom stereocenters. The van der Waals surface area contributed by atoms with Crippen LogP contribution in [0.25, 0.3) is 0 Å². The van der Waals surface area contributed by atoms with Crippen LogP contribution in [0.2, 0.25) is 0 Å². The van der Waals surface area contributed by atoms with Gasteiger partial charge in [0.1, 0.15) is 0 Å². The van der Waals surface area contributed by atoms with Gasteiger partial charge >= 0.3 is 24.0 Å². The molecule has 128 valence electrons. The smallest absolute Gasteiger partial charge is 0.438 e. The van der Waals surface area contributed by atoms with Crippen LogP contribution in [-0.4, -0.2) is 70.6 Å². The molecule has 0 aliphatic heterocycles. The Kier molecular flexibility index (Phi) is 7.08. The molecule has 0 aliphatic rings. The molecule has 0 heterocycles. The Morgan fingerprint density at radius 1 is 1.09 bits per heavy atom. The van der Waals surface area contributed by atoms with Gasteiger partial charge in [0.15, 0.2) is 6.10 Å². The van der Waals surface area contributed by atoms with E-state index >= 15 is 0 Å². The summed E-state index contributed by atoms with van der Waals surface area (Å²) in [5, 5.41) is 28.4. The van der Waals surface area contributed by atoms with Crippen molar-refractivity contribution in [2.45, 2.75) is 24.1 Å². The summed E-state index contributed by atoms with van der Waals surface area (Å²) >= 11 is 1.82. The van der Waals surface area contributed by atoms with Gasteiger partial charge in [0.25, 0.3) is 4.69 Å². The number of alkyl halides is 2. The summed E-state index contributed by atoms with van der Waals surface area (Å²) in [6.45, 7) is 0. The summed E-state index contributed by atoms with van der Waals surface area (Å²) in [7, 11) is 1.46. The molecule has 13 heteroatoms. The second-order valence-electron chi connectivity index (χ2n) is 3.51. The molecule has 0 aromatic heterocycles. The first kappa shape index (κ1) is 20.4. The molecule has 0 rings (SSSR count). The molecule has 22 heavy (non-hydrogen) atoms. The van der Waals surface area contributed by atoms with Crippen LogP contribution >= 0.6 is 15.9 Å². The van der Waals surface area contributed by atoms with E-state index in [1.807, 2.05) is 15.9 Å². The number of aliphatic hydroxyl groups is 3. The summed E-state index contributed by atoms with van der Waals surface area (Å²) in [4.78, 5) is 32.5. The maximum Gasteiger partial charge on any atom is 0.510 e. The quantitative estimate of drug-likeness (QED) is 0.304. The van der Waals surface area contributed by atoms with Gasteiger partial charge in [0.2, 0.25) is 6.29 Å². The van der Waals surface area contributed by atoms with E-state index in [4.69, 9.17) is 0 Å². The van der Waals surface area contributed by atoms with Gasteiger partial charge in [0, 0.05) is 0 Å². The molecule has 0 aromatic carbocycles. The van der Waals surface area contributed by atoms with E-state index in [9.17, 15) is 38.5 Å². The van der Waals surface area contributed by atoms with Crippen LogP contribution in [-0.2, 0) is 23.7 Å². The van der Waals surface area contributed by atoms with Crippen molar-refractivity contribution in [3.63, 3.8) is 0 Å². The minimum atomic E-state index is -4.96. The lowest BCUT2D eigenvalue weighted by molar-refractivity contribution is -0.345. The minimum Gasteiger partial charge on any atom is -0.438 e. The Balaban J connectivity index is 5.61. The van der Waals surface area contributed by atoms with E-state index in [1.54, 1.807) is 0 Å². The SMILES string of the molecule is COC(=O)OC(O)[C@@H](O)[C@@](O)(OC(=O)OC)C(F)(F)C(=O)Br. The molecule has 0 spiro atoms. The molecule has 10 nitrogen and oxygen atoms in total. The van der Waals surface area contributed by atoms with E-state index in [1.165, 1.54) is 0 Å². The molecule has 0 aliphatic carbocycles. The first-order chi connectivity index (χ1) is 9.93. The van der Waals surface area contributed by atoms with Crippen molar-refractivity contribution >= 4 is 32.9 Å². The summed E-state index contributed by atoms with van der Waals surface area (Å²) in [6.07, 6.45) is -9.57. The lowest BCUT2D eigenvalue weighted by atomic mass is 10.0. The van der Waals surface area contributed by atoms with Crippen LogP contribution in [0.3, 0.4) is 0 Å². The molecule has 0 fully saturated rings. The molecular weight excluding hydrogens is 386 g/mol. The van der Waals surface area contributed by atoms with E-state index in [0.29, 0.717) is 7.11 Å². The summed E-state index contributed by atoms with van der Waals surface area (Å²) in [5.74, 6) is -9.28. The highest BCUT2D eigenvalue weighted by Gasteiger charge is 2.67. The van der Waals surface area contributed by atoms with Crippen LogP contribution < -0.4 is 0 Å². The van der Waals surface area contributed by atoms with Crippen molar-refractivity contribution in [1.29, 1.82) is 0 Å². The summed E-state index contributed by atoms with van der Waals surface area (Å²) in [6, 6.07) is 0. The van der Waals surface area contributed by atoms with Gasteiger partial charge in [-0.3, -0.25) is 4.79 Å². The number of methoxy groups -OCH3 is 2. The first-order valence-electron chi connectivity index (χ1n) is 5.11. The van der Waals surface area contributed by atoms with Crippen LogP contribution in [0.15, 0.2) is 0 Å². The average Bonchev–Trinajstić information content (AvgIpc) is 2.45. The highest BCUT2D eigenvalue weighted by atomic mass is 79.9. The fourth-order valence-corrected chi connectivity index (χ4v) is 1.31. The Hall–Kier alpha value is -1.57. The van der Waals surface area contributed by atoms with Crippen molar-refractivity contribution < 1.29 is 57.4 Å². The fourth-order valence-electron chi connectivity index (χ4n) is 1.02. The number of aliphatic hydroxyl groups excluding tert-OH is 2. The van der Waals surface area contributed by atoms with Crippen LogP contribution in [0.1, 0.15) is 0 Å². The topological polar surface area (TPSA) is 149 Å². The lowest BCUT2D eigenvalue weighted by Crippen LogP contribution is -2.65. The third kappa shape index (κ3) is 4.22. The highest BCUT2D eigenvalue weighted by molar-refractivity contribution is 9.18.